The molecule has 1 aliphatic heterocycles. The van der Waals surface area contributed by atoms with Gasteiger partial charge in [-0.3, -0.25) is 19.2 Å². The van der Waals surface area contributed by atoms with Crippen LogP contribution < -0.4 is 0 Å². The highest BCUT2D eigenvalue weighted by Crippen LogP contribution is 2.41. The molecule has 2 aliphatic rings. The number of likely N-dealkylation sites (tertiary alicyclic amines) is 1. The van der Waals surface area contributed by atoms with Gasteiger partial charge in [-0.2, -0.15) is 0 Å². The summed E-state index contributed by atoms with van der Waals surface area (Å²) < 4.78 is 23.5. The second-order valence-electron chi connectivity index (χ2n) is 20.1. The number of nitrogens with zero attached hydrogens (tertiary/aromatic N) is 1. The maximum absolute atomic E-state index is 13.5. The minimum Gasteiger partial charge on any atom is -0.462 e. The van der Waals surface area contributed by atoms with Crippen LogP contribution in [-0.4, -0.2) is 74.3 Å². The van der Waals surface area contributed by atoms with Gasteiger partial charge in [0.25, 0.3) is 0 Å². The molecule has 388 valence electrons. The number of hydrogen-bond donors (Lipinski definition) is 0. The average molecular weight is 950 g/mol. The van der Waals surface area contributed by atoms with E-state index in [1.54, 1.807) is 0 Å². The van der Waals surface area contributed by atoms with Crippen molar-refractivity contribution in [3.8, 4) is 0 Å². The van der Waals surface area contributed by atoms with Gasteiger partial charge in [-0.15, -0.1) is 0 Å². The molecule has 1 saturated carbocycles. The van der Waals surface area contributed by atoms with Crippen molar-refractivity contribution in [2.75, 3.05) is 33.4 Å². The van der Waals surface area contributed by atoms with E-state index < -0.39 is 11.5 Å². The van der Waals surface area contributed by atoms with Gasteiger partial charge in [0.05, 0.1) is 5.41 Å². The lowest BCUT2D eigenvalue weighted by Gasteiger charge is -2.37. The molecule has 1 heterocycles. The number of rotatable bonds is 40. The van der Waals surface area contributed by atoms with E-state index in [0.717, 1.165) is 129 Å². The number of esters is 4. The van der Waals surface area contributed by atoms with Crippen molar-refractivity contribution >= 4 is 23.9 Å². The van der Waals surface area contributed by atoms with Crippen LogP contribution in [0.25, 0.3) is 0 Å². The molecule has 4 unspecified atom stereocenters. The number of unbranched alkanes of at least 4 members (excludes halogenated alkanes) is 16. The van der Waals surface area contributed by atoms with Crippen LogP contribution in [0.15, 0.2) is 60.8 Å². The van der Waals surface area contributed by atoms with Crippen LogP contribution >= 0.6 is 0 Å². The molecule has 0 spiro atoms. The first-order valence-corrected chi connectivity index (χ1v) is 27.8. The molecule has 1 aliphatic carbocycles. The summed E-state index contributed by atoms with van der Waals surface area (Å²) in [7, 11) is 2.08. The van der Waals surface area contributed by atoms with Gasteiger partial charge in [0.2, 0.25) is 0 Å². The summed E-state index contributed by atoms with van der Waals surface area (Å²) in [6.07, 6.45) is 50.9. The molecule has 0 aromatic carbocycles. The largest absolute Gasteiger partial charge is 0.462 e. The molecule has 0 radical (unpaired) electrons. The first-order valence-electron chi connectivity index (χ1n) is 27.8. The Bertz CT molecular complexity index is 1470. The summed E-state index contributed by atoms with van der Waals surface area (Å²) >= 11 is 0. The van der Waals surface area contributed by atoms with Crippen LogP contribution in [0.5, 0.6) is 0 Å². The molecule has 4 atom stereocenters. The third-order valence-corrected chi connectivity index (χ3v) is 13.8. The summed E-state index contributed by atoms with van der Waals surface area (Å²) in [6.45, 7) is 9.99. The Morgan fingerprint density at radius 3 is 1.59 bits per heavy atom. The molecular formula is C59H99NO8. The Balaban J connectivity index is 1.84. The van der Waals surface area contributed by atoms with Gasteiger partial charge in [0.1, 0.15) is 19.3 Å². The maximum atomic E-state index is 13.5. The molecule has 2 fully saturated rings. The number of allylic oxidation sites excluding steroid dienone is 10. The lowest BCUT2D eigenvalue weighted by atomic mass is 9.80. The Kier molecular flexibility index (Phi) is 35.9. The molecule has 9 nitrogen and oxygen atoms in total. The smallest absolute Gasteiger partial charge is 0.312 e. The summed E-state index contributed by atoms with van der Waals surface area (Å²) in [5.74, 6) is -1.22. The van der Waals surface area contributed by atoms with Crippen LogP contribution in [0.1, 0.15) is 227 Å². The monoisotopic (exact) mass is 950 g/mol. The van der Waals surface area contributed by atoms with E-state index in [2.05, 4.69) is 93.5 Å². The summed E-state index contributed by atoms with van der Waals surface area (Å²) in [6, 6.07) is 0. The van der Waals surface area contributed by atoms with Crippen molar-refractivity contribution in [1.82, 2.24) is 4.90 Å². The number of ether oxygens (including phenoxy) is 4. The molecule has 9 heteroatoms. The van der Waals surface area contributed by atoms with Crippen molar-refractivity contribution < 1.29 is 38.1 Å². The van der Waals surface area contributed by atoms with E-state index in [9.17, 15) is 19.2 Å². The van der Waals surface area contributed by atoms with Crippen molar-refractivity contribution in [1.29, 1.82) is 0 Å². The normalized spacial score (nSPS) is 19.2. The molecule has 1 saturated heterocycles. The Hall–Kier alpha value is -3.46. The van der Waals surface area contributed by atoms with Gasteiger partial charge in [-0.25, -0.2) is 0 Å². The van der Waals surface area contributed by atoms with Crippen LogP contribution in [0.4, 0.5) is 0 Å². The fourth-order valence-electron chi connectivity index (χ4n) is 9.11. The van der Waals surface area contributed by atoms with Gasteiger partial charge >= 0.3 is 23.9 Å². The third kappa shape index (κ3) is 30.2. The van der Waals surface area contributed by atoms with E-state index >= 15 is 0 Å². The fourth-order valence-corrected chi connectivity index (χ4v) is 9.11. The highest BCUT2D eigenvalue weighted by molar-refractivity contribution is 5.77. The van der Waals surface area contributed by atoms with E-state index in [1.807, 2.05) is 6.92 Å². The Labute approximate surface area is 415 Å². The molecule has 0 aromatic heterocycles. The van der Waals surface area contributed by atoms with Gasteiger partial charge in [-0.05, 0) is 149 Å². The van der Waals surface area contributed by atoms with E-state index in [1.165, 1.54) is 51.4 Å². The number of carbonyl (C=O) groups excluding carboxylic acids is 4. The predicted octanol–water partition coefficient (Wildman–Crippen LogP) is 15.0. The van der Waals surface area contributed by atoms with E-state index in [4.69, 9.17) is 18.9 Å². The first kappa shape index (κ1) is 60.7. The fraction of sp³-hybridized carbons (Fsp3) is 0.763. The second-order valence-corrected chi connectivity index (χ2v) is 20.1. The lowest BCUT2D eigenvalue weighted by molar-refractivity contribution is -0.167. The number of carbonyl (C=O) groups is 4. The first-order chi connectivity index (χ1) is 33.1. The van der Waals surface area contributed by atoms with Crippen LogP contribution in [-0.2, 0) is 38.1 Å². The van der Waals surface area contributed by atoms with Crippen molar-refractivity contribution in [2.45, 2.75) is 239 Å². The van der Waals surface area contributed by atoms with Crippen LogP contribution in [0.3, 0.4) is 0 Å². The molecule has 0 amide bonds. The standard InChI is InChI=1S/C59H99NO8/c1-6-9-12-14-16-18-20-22-24-26-28-30-32-34-37-40-55(61)65-49-52(67-56(62)41-38-35-33-31-29-27-25-23-21-19-17-15-13-10-7-2)50-66-57(63)48-51-42-43-54(53(51)39-36-11-8-3)68-58(64)59(4)44-46-60(5)47-45-59/h11,16-19,22-25,36,51-54H,6-10,12-15,20-21,26-35,37-50H2,1-5H3/b18-16-,19-17-,24-22-,25-23-,36-11-. The van der Waals surface area contributed by atoms with Gasteiger partial charge in [0.15, 0.2) is 6.10 Å². The molecule has 0 aromatic rings. The lowest BCUT2D eigenvalue weighted by Crippen LogP contribution is -2.43. The Morgan fingerprint density at radius 2 is 1.06 bits per heavy atom. The second kappa shape index (κ2) is 40.3. The minimum atomic E-state index is -0.881. The third-order valence-electron chi connectivity index (χ3n) is 13.8. The van der Waals surface area contributed by atoms with E-state index in [0.29, 0.717) is 19.3 Å². The zero-order chi connectivity index (χ0) is 49.3. The summed E-state index contributed by atoms with van der Waals surface area (Å²) in [4.78, 5) is 55.1. The zero-order valence-corrected chi connectivity index (χ0v) is 44.0. The van der Waals surface area contributed by atoms with Gasteiger partial charge in [-0.1, -0.05) is 146 Å². The summed E-state index contributed by atoms with van der Waals surface area (Å²) in [5, 5.41) is 0. The highest BCUT2D eigenvalue weighted by Gasteiger charge is 2.43. The van der Waals surface area contributed by atoms with Crippen molar-refractivity contribution in [2.24, 2.45) is 17.3 Å². The summed E-state index contributed by atoms with van der Waals surface area (Å²) in [5.41, 5.74) is -0.492. The molecule has 0 bridgehead atoms. The topological polar surface area (TPSA) is 108 Å². The Morgan fingerprint density at radius 1 is 0.574 bits per heavy atom. The molecule has 2 rings (SSSR count). The predicted molar refractivity (Wildman–Crippen MR) is 280 cm³/mol. The quantitative estimate of drug-likeness (QED) is 0.0257. The maximum Gasteiger partial charge on any atom is 0.312 e. The van der Waals surface area contributed by atoms with Crippen molar-refractivity contribution in [3.63, 3.8) is 0 Å². The SMILES string of the molecule is CC/C=C\CC1C(CC(=O)OCC(COC(=O)CCCCCCC/C=C\C/C=C\CCCCC)OC(=O)CCCCCCC/C=C\C/C=C\CCCCC)CCC1OC(=O)C1(C)CCN(C)CC1. The zero-order valence-electron chi connectivity index (χ0n) is 44.0. The molecular weight excluding hydrogens is 851 g/mol. The highest BCUT2D eigenvalue weighted by atomic mass is 16.6. The van der Waals surface area contributed by atoms with E-state index in [-0.39, 0.29) is 67.9 Å². The van der Waals surface area contributed by atoms with Crippen LogP contribution in [0.2, 0.25) is 0 Å². The van der Waals surface area contributed by atoms with Gasteiger partial charge in [0, 0.05) is 25.2 Å². The average Bonchev–Trinajstić information content (AvgIpc) is 3.70. The number of piperidine rings is 1. The number of hydrogen-bond acceptors (Lipinski definition) is 9. The van der Waals surface area contributed by atoms with Crippen LogP contribution in [0, 0.1) is 17.3 Å². The van der Waals surface area contributed by atoms with Crippen molar-refractivity contribution in [3.05, 3.63) is 60.8 Å². The molecule has 0 N–H and O–H groups in total. The minimum absolute atomic E-state index is 0.00648. The molecule has 68 heavy (non-hydrogen) atoms. The van der Waals surface area contributed by atoms with Gasteiger partial charge < -0.3 is 23.8 Å².